The number of carbonyl (C=O) groups is 2. The Kier molecular flexibility index (Phi) is 4.15. The average Bonchev–Trinajstić information content (AvgIpc) is 2.69. The monoisotopic (exact) mass is 455 g/mol. The van der Waals surface area contributed by atoms with Crippen molar-refractivity contribution >= 4 is 84.5 Å². The van der Waals surface area contributed by atoms with Gasteiger partial charge in [-0.15, -0.1) is 0 Å². The highest BCUT2D eigenvalue weighted by Gasteiger charge is 2.27. The van der Waals surface area contributed by atoms with Crippen LogP contribution in [0.5, 0.6) is 0 Å². The van der Waals surface area contributed by atoms with Gasteiger partial charge in [-0.25, -0.2) is 0 Å². The zero-order chi connectivity index (χ0) is 21.2. The normalized spacial score (nSPS) is 13.7. The molecule has 0 bridgehead atoms. The van der Waals surface area contributed by atoms with Crippen LogP contribution in [-0.4, -0.2) is 20.2 Å². The topological polar surface area (TPSA) is 80.3 Å². The molecule has 0 saturated heterocycles. The van der Waals surface area contributed by atoms with Crippen LogP contribution in [-0.2, 0) is 8.26 Å². The highest BCUT2D eigenvalue weighted by molar-refractivity contribution is 8.31. The van der Waals surface area contributed by atoms with E-state index in [2.05, 4.69) is 63.1 Å². The summed E-state index contributed by atoms with van der Waals surface area (Å²) in [5, 5.41) is 11.1. The van der Waals surface area contributed by atoms with Crippen LogP contribution in [0.2, 0.25) is 0 Å². The van der Waals surface area contributed by atoms with Gasteiger partial charge in [0, 0.05) is 37.9 Å². The highest BCUT2D eigenvalue weighted by Crippen LogP contribution is 2.42. The van der Waals surface area contributed by atoms with Gasteiger partial charge in [-0.2, -0.15) is 8.42 Å². The summed E-state index contributed by atoms with van der Waals surface area (Å²) in [6.45, 7) is 0. The molecule has 5 aromatic rings. The van der Waals surface area contributed by atoms with Gasteiger partial charge in [0.25, 0.3) is 11.8 Å². The Morgan fingerprint density at radius 2 is 1.03 bits per heavy atom. The maximum absolute atomic E-state index is 12.3. The molecular weight excluding hydrogens is 445 g/mol. The van der Waals surface area contributed by atoms with Crippen molar-refractivity contribution in [2.75, 3.05) is 0 Å². The standard InChI is InChI=1S/C22H11NO2.Cl2O2S/c24-21-16-9-7-14-12-5-1-3-11-4-2-6-13(18(11)12)15-8-10-17(22(25)23-21)20(16)19(14)15;1-5(2,3)4/h1-10H,(H,23,24,25);. The van der Waals surface area contributed by atoms with E-state index in [1.807, 2.05) is 24.3 Å². The Morgan fingerprint density at radius 3 is 1.50 bits per heavy atom. The van der Waals surface area contributed by atoms with Gasteiger partial charge in [-0.1, -0.05) is 48.5 Å². The molecule has 0 spiro atoms. The molecule has 30 heavy (non-hydrogen) atoms. The molecule has 0 unspecified atom stereocenters. The van der Waals surface area contributed by atoms with Gasteiger partial charge < -0.3 is 0 Å². The number of hydrogen-bond acceptors (Lipinski definition) is 4. The molecule has 0 radical (unpaired) electrons. The third-order valence-electron chi connectivity index (χ3n) is 5.36. The Labute approximate surface area is 179 Å². The quantitative estimate of drug-likeness (QED) is 0.148. The second-order valence-corrected chi connectivity index (χ2v) is 10.6. The number of rotatable bonds is 0. The Bertz CT molecular complexity index is 1540. The van der Waals surface area contributed by atoms with Crippen LogP contribution in [0.4, 0.5) is 0 Å². The molecule has 0 saturated carbocycles. The van der Waals surface area contributed by atoms with E-state index in [0.717, 1.165) is 32.3 Å². The number of hydrogen-bond donors (Lipinski definition) is 1. The number of carbonyl (C=O) groups excluding carboxylic acids is 2. The number of amides is 2. The molecule has 148 valence electrons. The number of imide groups is 1. The number of fused-ring (bicyclic) bond motifs is 2. The summed E-state index contributed by atoms with van der Waals surface area (Å²) in [4.78, 5) is 24.6. The Hall–Kier alpha value is -2.93. The smallest absolute Gasteiger partial charge is 0.288 e. The van der Waals surface area contributed by atoms with Gasteiger partial charge in [-0.3, -0.25) is 14.9 Å². The summed E-state index contributed by atoms with van der Waals surface area (Å²) in [6, 6.07) is 20.3. The van der Waals surface area contributed by atoms with E-state index >= 15 is 0 Å². The molecule has 0 atom stereocenters. The first-order chi connectivity index (χ1) is 14.2. The van der Waals surface area contributed by atoms with Crippen molar-refractivity contribution in [3.05, 3.63) is 71.8 Å². The van der Waals surface area contributed by atoms with Gasteiger partial charge >= 0.3 is 8.26 Å². The molecule has 5 nitrogen and oxygen atoms in total. The van der Waals surface area contributed by atoms with Crippen molar-refractivity contribution < 1.29 is 18.0 Å². The predicted octanol–water partition coefficient (Wildman–Crippen LogP) is 5.33. The third kappa shape index (κ3) is 2.88. The summed E-state index contributed by atoms with van der Waals surface area (Å²) >= 11 is 0. The van der Waals surface area contributed by atoms with E-state index in [0.29, 0.717) is 11.1 Å². The number of benzene rings is 5. The van der Waals surface area contributed by atoms with Crippen LogP contribution in [0.1, 0.15) is 20.7 Å². The molecule has 5 aromatic carbocycles. The lowest BCUT2D eigenvalue weighted by molar-refractivity contribution is 0.0845. The molecule has 1 N–H and O–H groups in total. The minimum absolute atomic E-state index is 0.321. The summed E-state index contributed by atoms with van der Waals surface area (Å²) in [5.74, 6) is -0.642. The van der Waals surface area contributed by atoms with E-state index in [9.17, 15) is 9.59 Å². The van der Waals surface area contributed by atoms with Crippen LogP contribution < -0.4 is 5.32 Å². The molecule has 0 aromatic heterocycles. The van der Waals surface area contributed by atoms with Crippen molar-refractivity contribution in [3.63, 3.8) is 0 Å². The summed E-state index contributed by atoms with van der Waals surface area (Å²) in [5.41, 5.74) is 1.14. The van der Waals surface area contributed by atoms with Crippen LogP contribution in [0.3, 0.4) is 0 Å². The van der Waals surface area contributed by atoms with Crippen molar-refractivity contribution in [2.45, 2.75) is 0 Å². The van der Waals surface area contributed by atoms with E-state index in [1.165, 1.54) is 10.8 Å². The lowest BCUT2D eigenvalue weighted by atomic mass is 9.85. The van der Waals surface area contributed by atoms with Gasteiger partial charge in [-0.05, 0) is 49.8 Å². The van der Waals surface area contributed by atoms with Gasteiger partial charge in [0.2, 0.25) is 0 Å². The zero-order valence-corrected chi connectivity index (χ0v) is 17.4. The summed E-state index contributed by atoms with van der Waals surface area (Å²) in [7, 11) is 4.81. The second-order valence-electron chi connectivity index (χ2n) is 6.94. The van der Waals surface area contributed by atoms with E-state index in [-0.39, 0.29) is 11.8 Å². The Morgan fingerprint density at radius 1 is 0.600 bits per heavy atom. The minimum Gasteiger partial charge on any atom is -0.288 e. The van der Waals surface area contributed by atoms with Crippen molar-refractivity contribution in [3.8, 4) is 0 Å². The van der Waals surface area contributed by atoms with Crippen molar-refractivity contribution in [1.82, 2.24) is 5.32 Å². The lowest BCUT2D eigenvalue weighted by Gasteiger charge is -2.21. The average molecular weight is 456 g/mol. The Balaban J connectivity index is 0.000000349. The van der Waals surface area contributed by atoms with Gasteiger partial charge in [0.15, 0.2) is 0 Å². The maximum Gasteiger partial charge on any atom is 0.317 e. The second kappa shape index (κ2) is 6.54. The summed E-state index contributed by atoms with van der Waals surface area (Å²) in [6.07, 6.45) is 0. The van der Waals surface area contributed by atoms with Gasteiger partial charge in [0.1, 0.15) is 0 Å². The number of halogens is 2. The molecule has 1 aliphatic rings. The first-order valence-electron chi connectivity index (χ1n) is 8.86. The molecule has 1 heterocycles. The van der Waals surface area contributed by atoms with Crippen LogP contribution in [0.15, 0.2) is 60.7 Å². The fraction of sp³-hybridized carbons (Fsp3) is 0. The van der Waals surface area contributed by atoms with Gasteiger partial charge in [0.05, 0.1) is 0 Å². The zero-order valence-electron chi connectivity index (χ0n) is 15.1. The highest BCUT2D eigenvalue weighted by atomic mass is 36.0. The maximum atomic E-state index is 12.3. The first-order valence-corrected chi connectivity index (χ1v) is 12.0. The molecule has 6 rings (SSSR count). The third-order valence-corrected chi connectivity index (χ3v) is 5.36. The van der Waals surface area contributed by atoms with Crippen LogP contribution in [0, 0.1) is 0 Å². The van der Waals surface area contributed by atoms with Crippen LogP contribution in [0.25, 0.3) is 43.1 Å². The van der Waals surface area contributed by atoms with Crippen LogP contribution >= 0.6 is 21.4 Å². The SMILES string of the molecule is O=C1NC(=O)c2ccc3c4cccc5cccc(c6ccc1c2c63)c54.O=S(=O)(Cl)Cl. The van der Waals surface area contributed by atoms with E-state index in [1.54, 1.807) is 0 Å². The fourth-order valence-corrected chi connectivity index (χ4v) is 4.35. The number of nitrogens with one attached hydrogen (secondary N) is 1. The van der Waals surface area contributed by atoms with E-state index in [4.69, 9.17) is 8.42 Å². The minimum atomic E-state index is -3.72. The lowest BCUT2D eigenvalue weighted by Crippen LogP contribution is -2.34. The predicted molar refractivity (Wildman–Crippen MR) is 120 cm³/mol. The first kappa shape index (κ1) is 19.1. The molecule has 2 amide bonds. The molecule has 0 fully saturated rings. The molecule has 1 aliphatic heterocycles. The molecule has 0 aliphatic carbocycles. The largest absolute Gasteiger partial charge is 0.317 e. The summed E-state index contributed by atoms with van der Waals surface area (Å²) < 4.78 is 18.3. The van der Waals surface area contributed by atoms with Crippen molar-refractivity contribution in [2.24, 2.45) is 0 Å². The molecular formula is C22H11Cl2NO4S. The van der Waals surface area contributed by atoms with Crippen molar-refractivity contribution in [1.29, 1.82) is 0 Å². The van der Waals surface area contributed by atoms with E-state index < -0.39 is 8.26 Å². The fourth-order valence-electron chi connectivity index (χ4n) is 4.35. The molecule has 8 heteroatoms.